The molecule has 4 saturated carbocycles. The minimum atomic E-state index is -0.177. The Morgan fingerprint density at radius 2 is 2.04 bits per heavy atom. The Hall–Kier alpha value is -1.16. The first-order chi connectivity index (χ1) is 13.0. The van der Waals surface area contributed by atoms with Gasteiger partial charge in [-0.1, -0.05) is 12.5 Å². The van der Waals surface area contributed by atoms with Crippen molar-refractivity contribution in [2.75, 3.05) is 6.61 Å². The number of nitrogens with one attached hydrogen (secondary N) is 1. The van der Waals surface area contributed by atoms with Gasteiger partial charge in [-0.05, 0) is 80.6 Å². The highest BCUT2D eigenvalue weighted by molar-refractivity contribution is 5.94. The van der Waals surface area contributed by atoms with Crippen molar-refractivity contribution >= 4 is 11.7 Å². The normalized spacial score (nSPS) is 55.3. The molecule has 6 rings (SSSR count). The number of carbonyl (C=O) groups excluding carboxylic acids is 1. The average molecular weight is 370 g/mol. The Labute approximate surface area is 161 Å². The van der Waals surface area contributed by atoms with E-state index in [1.54, 1.807) is 0 Å². The number of hydrogen-bond donors (Lipinski definition) is 2. The Kier molecular flexibility index (Phi) is 3.26. The summed E-state index contributed by atoms with van der Waals surface area (Å²) in [5.74, 6) is 4.19. The van der Waals surface area contributed by atoms with E-state index in [0.29, 0.717) is 36.0 Å². The third kappa shape index (κ3) is 1.93. The van der Waals surface area contributed by atoms with Crippen molar-refractivity contribution in [2.24, 2.45) is 46.8 Å². The highest BCUT2D eigenvalue weighted by atomic mass is 16.6. The van der Waals surface area contributed by atoms with Gasteiger partial charge in [0, 0.05) is 36.0 Å². The van der Waals surface area contributed by atoms with Gasteiger partial charge in [0.05, 0.1) is 0 Å². The lowest BCUT2D eigenvalue weighted by Gasteiger charge is -2.58. The summed E-state index contributed by atoms with van der Waals surface area (Å²) in [4.78, 5) is 12.1. The first kappa shape index (κ1) is 16.8. The van der Waals surface area contributed by atoms with E-state index in [1.807, 2.05) is 0 Å². The average Bonchev–Trinajstić information content (AvgIpc) is 3.29. The molecule has 0 radical (unpaired) electrons. The van der Waals surface area contributed by atoms with Gasteiger partial charge in [-0.2, -0.15) is 0 Å². The molecule has 6 aliphatic rings. The number of allylic oxidation sites excluding steroid dienone is 1. The number of carbonyl (C=O) groups is 1. The highest BCUT2D eigenvalue weighted by Gasteiger charge is 2.78. The molecule has 0 amide bonds. The molecule has 0 aromatic heterocycles. The van der Waals surface area contributed by atoms with E-state index in [2.05, 4.69) is 13.0 Å². The zero-order valence-corrected chi connectivity index (χ0v) is 16.2. The van der Waals surface area contributed by atoms with E-state index in [0.717, 1.165) is 37.3 Å². The molecule has 5 fully saturated rings. The minimum Gasteiger partial charge on any atom is -0.458 e. The van der Waals surface area contributed by atoms with Crippen molar-refractivity contribution in [1.29, 1.82) is 5.41 Å². The van der Waals surface area contributed by atoms with Gasteiger partial charge in [0.15, 0.2) is 0 Å². The quantitative estimate of drug-likeness (QED) is 0.692. The summed E-state index contributed by atoms with van der Waals surface area (Å²) >= 11 is 0. The smallest absolute Gasteiger partial charge is 0.306 e. The summed E-state index contributed by atoms with van der Waals surface area (Å²) in [6.45, 7) is 2.66. The lowest BCUT2D eigenvalue weighted by Crippen LogP contribution is -2.56. The summed E-state index contributed by atoms with van der Waals surface area (Å²) in [5, 5.41) is 18.3. The zero-order chi connectivity index (χ0) is 18.6. The molecule has 1 saturated heterocycles. The first-order valence-electron chi connectivity index (χ1n) is 11.1. The number of ether oxygens (including phenoxy) is 1. The third-order valence-electron chi connectivity index (χ3n) is 9.87. The highest BCUT2D eigenvalue weighted by Crippen LogP contribution is 2.78. The largest absolute Gasteiger partial charge is 0.458 e. The maximum absolute atomic E-state index is 12.1. The number of aliphatic hydroxyl groups is 1. The monoisotopic (exact) mass is 369 g/mol. The second-order valence-corrected chi connectivity index (χ2v) is 10.6. The van der Waals surface area contributed by atoms with Crippen LogP contribution in [0.5, 0.6) is 0 Å². The van der Waals surface area contributed by atoms with Gasteiger partial charge in [0.1, 0.15) is 5.60 Å². The molecule has 4 nitrogen and oxygen atoms in total. The van der Waals surface area contributed by atoms with Gasteiger partial charge < -0.3 is 15.3 Å². The zero-order valence-electron chi connectivity index (χ0n) is 16.2. The molecule has 146 valence electrons. The molecule has 0 aromatic rings. The number of fused-ring (bicyclic) bond motifs is 9. The van der Waals surface area contributed by atoms with Crippen LogP contribution >= 0.6 is 0 Å². The third-order valence-corrected chi connectivity index (χ3v) is 9.87. The summed E-state index contributed by atoms with van der Waals surface area (Å²) in [6.07, 6.45) is 10.4. The molecule has 1 spiro atoms. The van der Waals surface area contributed by atoms with Crippen LogP contribution in [0.3, 0.4) is 0 Å². The van der Waals surface area contributed by atoms with Crippen molar-refractivity contribution in [1.82, 2.24) is 0 Å². The molecular formula is C23H31NO3. The molecule has 0 bridgehead atoms. The van der Waals surface area contributed by atoms with Gasteiger partial charge >= 0.3 is 5.97 Å². The van der Waals surface area contributed by atoms with Gasteiger partial charge in [-0.15, -0.1) is 0 Å². The molecular weight excluding hydrogens is 338 g/mol. The van der Waals surface area contributed by atoms with Gasteiger partial charge in [0.2, 0.25) is 0 Å². The second-order valence-electron chi connectivity index (χ2n) is 10.6. The lowest BCUT2D eigenvalue weighted by molar-refractivity contribution is -0.175. The molecule has 1 heterocycles. The predicted molar refractivity (Wildman–Crippen MR) is 101 cm³/mol. The van der Waals surface area contributed by atoms with Crippen LogP contribution in [0.2, 0.25) is 0 Å². The Morgan fingerprint density at radius 3 is 2.78 bits per heavy atom. The molecule has 5 aliphatic carbocycles. The summed E-state index contributed by atoms with van der Waals surface area (Å²) in [6, 6.07) is 0. The van der Waals surface area contributed by atoms with Crippen LogP contribution in [0, 0.1) is 52.2 Å². The molecule has 4 heteroatoms. The van der Waals surface area contributed by atoms with Crippen LogP contribution in [0.15, 0.2) is 11.6 Å². The van der Waals surface area contributed by atoms with Crippen molar-refractivity contribution in [3.8, 4) is 0 Å². The van der Waals surface area contributed by atoms with E-state index < -0.39 is 0 Å². The van der Waals surface area contributed by atoms with Crippen LogP contribution in [-0.4, -0.2) is 29.0 Å². The Bertz CT molecular complexity index is 759. The van der Waals surface area contributed by atoms with Crippen LogP contribution in [0.25, 0.3) is 0 Å². The van der Waals surface area contributed by atoms with Crippen molar-refractivity contribution in [2.45, 2.75) is 63.9 Å². The van der Waals surface area contributed by atoms with Crippen LogP contribution in [-0.2, 0) is 9.53 Å². The molecule has 27 heavy (non-hydrogen) atoms. The van der Waals surface area contributed by atoms with Crippen LogP contribution < -0.4 is 0 Å². The maximum Gasteiger partial charge on any atom is 0.306 e. The van der Waals surface area contributed by atoms with Crippen molar-refractivity contribution in [3.05, 3.63) is 11.6 Å². The van der Waals surface area contributed by atoms with E-state index >= 15 is 0 Å². The fraction of sp³-hybridized carbons (Fsp3) is 0.826. The van der Waals surface area contributed by atoms with E-state index in [-0.39, 0.29) is 29.5 Å². The Balaban J connectivity index is 1.39. The SMILES string of the molecule is C[C@]12CCC3C(CC(CO)C4=CC(=N)CC[C@@H]43)C1C1CC1[C@@]21CCC(=O)O1. The summed E-state index contributed by atoms with van der Waals surface area (Å²) in [7, 11) is 0. The molecule has 1 aliphatic heterocycles. The van der Waals surface area contributed by atoms with Crippen LogP contribution in [0.1, 0.15) is 58.3 Å². The minimum absolute atomic E-state index is 0.0255. The molecule has 2 N–H and O–H groups in total. The van der Waals surface area contributed by atoms with Gasteiger partial charge in [-0.3, -0.25) is 4.79 Å². The maximum atomic E-state index is 12.1. The first-order valence-corrected chi connectivity index (χ1v) is 11.1. The fourth-order valence-electron chi connectivity index (χ4n) is 8.90. The van der Waals surface area contributed by atoms with Crippen molar-refractivity contribution < 1.29 is 14.6 Å². The Morgan fingerprint density at radius 1 is 1.19 bits per heavy atom. The van der Waals surface area contributed by atoms with Crippen LogP contribution in [0.4, 0.5) is 0 Å². The second kappa shape index (κ2) is 5.25. The molecule has 0 aromatic carbocycles. The van der Waals surface area contributed by atoms with E-state index in [4.69, 9.17) is 10.1 Å². The number of aliphatic hydroxyl groups excluding tert-OH is 1. The lowest BCUT2D eigenvalue weighted by atomic mass is 9.47. The number of hydrogen-bond acceptors (Lipinski definition) is 4. The standard InChI is InChI=1S/C23H31NO3/c1-22-6-4-15-14-3-2-13(24)9-16(14)12(11-25)8-17(15)21(22)18-10-19(18)23(22)7-5-20(26)27-23/h9,12,14-15,17-19,21,24-25H,2-8,10-11H2,1H3/t12?,14-,15?,17?,18?,19?,21?,22+,23+/m1/s1. The van der Waals surface area contributed by atoms with Gasteiger partial charge in [0.25, 0.3) is 0 Å². The van der Waals surface area contributed by atoms with E-state index in [1.165, 1.54) is 24.8 Å². The topological polar surface area (TPSA) is 70.4 Å². The predicted octanol–water partition coefficient (Wildman–Crippen LogP) is 3.73. The fourth-order valence-corrected chi connectivity index (χ4v) is 8.90. The van der Waals surface area contributed by atoms with E-state index in [9.17, 15) is 9.90 Å². The van der Waals surface area contributed by atoms with Crippen molar-refractivity contribution in [3.63, 3.8) is 0 Å². The van der Waals surface area contributed by atoms with Gasteiger partial charge in [-0.25, -0.2) is 0 Å². The summed E-state index contributed by atoms with van der Waals surface area (Å²) in [5.41, 5.74) is 2.09. The number of rotatable bonds is 1. The molecule has 9 atom stereocenters. The summed E-state index contributed by atoms with van der Waals surface area (Å²) < 4.78 is 6.16. The number of esters is 1. The molecule has 6 unspecified atom stereocenters.